The molecule has 4 nitrogen and oxygen atoms in total. The molecule has 1 fully saturated rings. The van der Waals surface area contributed by atoms with Gasteiger partial charge in [0.1, 0.15) is 0 Å². The second kappa shape index (κ2) is 4.71. The van der Waals surface area contributed by atoms with Gasteiger partial charge in [0.05, 0.1) is 6.54 Å². The highest BCUT2D eigenvalue weighted by atomic mass is 16.2. The first-order valence-electron chi connectivity index (χ1n) is 6.60. The molecule has 1 amide bonds. The molecule has 4 heteroatoms. The maximum absolute atomic E-state index is 12.3. The van der Waals surface area contributed by atoms with Crippen molar-refractivity contribution >= 4 is 11.6 Å². The SMILES string of the molecule is NC1CN(CC(=O)N2CCCc3ccccc32)C1. The number of fused-ring (bicyclic) bond motifs is 1. The zero-order chi connectivity index (χ0) is 12.5. The van der Waals surface area contributed by atoms with Crippen LogP contribution in [0.2, 0.25) is 0 Å². The van der Waals surface area contributed by atoms with E-state index in [1.807, 2.05) is 23.1 Å². The van der Waals surface area contributed by atoms with Crippen LogP contribution in [0.1, 0.15) is 12.0 Å². The molecule has 0 saturated carbocycles. The number of hydrogen-bond acceptors (Lipinski definition) is 3. The Morgan fingerprint density at radius 3 is 2.89 bits per heavy atom. The number of anilines is 1. The van der Waals surface area contributed by atoms with Crippen molar-refractivity contribution in [3.05, 3.63) is 29.8 Å². The Morgan fingerprint density at radius 2 is 2.11 bits per heavy atom. The fourth-order valence-corrected chi connectivity index (χ4v) is 2.81. The molecule has 0 bridgehead atoms. The molecule has 0 atom stereocenters. The normalized spacial score (nSPS) is 20.4. The van der Waals surface area contributed by atoms with Crippen molar-refractivity contribution in [2.24, 2.45) is 5.73 Å². The van der Waals surface area contributed by atoms with Gasteiger partial charge in [0, 0.05) is 31.4 Å². The van der Waals surface area contributed by atoms with Crippen LogP contribution in [0.15, 0.2) is 24.3 Å². The van der Waals surface area contributed by atoms with E-state index in [9.17, 15) is 4.79 Å². The van der Waals surface area contributed by atoms with Gasteiger partial charge in [-0.1, -0.05) is 18.2 Å². The van der Waals surface area contributed by atoms with Crippen LogP contribution in [-0.4, -0.2) is 43.0 Å². The van der Waals surface area contributed by atoms with Crippen LogP contribution in [0, 0.1) is 0 Å². The summed E-state index contributed by atoms with van der Waals surface area (Å²) in [5.74, 6) is 0.203. The van der Waals surface area contributed by atoms with E-state index >= 15 is 0 Å². The van der Waals surface area contributed by atoms with Crippen LogP contribution < -0.4 is 10.6 Å². The van der Waals surface area contributed by atoms with E-state index in [0.29, 0.717) is 6.54 Å². The number of nitrogens with two attached hydrogens (primary N) is 1. The smallest absolute Gasteiger partial charge is 0.241 e. The summed E-state index contributed by atoms with van der Waals surface area (Å²) in [6.07, 6.45) is 2.14. The van der Waals surface area contributed by atoms with E-state index in [-0.39, 0.29) is 11.9 Å². The molecule has 0 radical (unpaired) electrons. The minimum atomic E-state index is 0.203. The number of aryl methyl sites for hydroxylation is 1. The van der Waals surface area contributed by atoms with Crippen LogP contribution in [0.4, 0.5) is 5.69 Å². The molecule has 0 unspecified atom stereocenters. The fraction of sp³-hybridized carbons (Fsp3) is 0.500. The average Bonchev–Trinajstić information content (AvgIpc) is 2.36. The molecular weight excluding hydrogens is 226 g/mol. The molecule has 2 aliphatic heterocycles. The number of benzene rings is 1. The van der Waals surface area contributed by atoms with Gasteiger partial charge in [-0.25, -0.2) is 0 Å². The molecule has 1 aromatic rings. The second-order valence-electron chi connectivity index (χ2n) is 5.23. The molecule has 2 aliphatic rings. The summed E-state index contributed by atoms with van der Waals surface area (Å²) < 4.78 is 0. The average molecular weight is 245 g/mol. The number of hydrogen-bond donors (Lipinski definition) is 1. The molecule has 3 rings (SSSR count). The van der Waals surface area contributed by atoms with Gasteiger partial charge in [0.15, 0.2) is 0 Å². The quantitative estimate of drug-likeness (QED) is 0.830. The van der Waals surface area contributed by atoms with Crippen molar-refractivity contribution in [3.8, 4) is 0 Å². The Morgan fingerprint density at radius 1 is 1.33 bits per heavy atom. The van der Waals surface area contributed by atoms with Crippen molar-refractivity contribution < 1.29 is 4.79 Å². The zero-order valence-electron chi connectivity index (χ0n) is 10.5. The van der Waals surface area contributed by atoms with Crippen molar-refractivity contribution in [2.45, 2.75) is 18.9 Å². The van der Waals surface area contributed by atoms with Crippen LogP contribution in [0.5, 0.6) is 0 Å². The molecule has 0 aliphatic carbocycles. The number of nitrogens with zero attached hydrogens (tertiary/aromatic N) is 2. The molecular formula is C14H19N3O. The number of rotatable bonds is 2. The lowest BCUT2D eigenvalue weighted by Gasteiger charge is -2.38. The van der Waals surface area contributed by atoms with Gasteiger partial charge in [-0.05, 0) is 24.5 Å². The first-order chi connectivity index (χ1) is 8.74. The highest BCUT2D eigenvalue weighted by molar-refractivity contribution is 5.96. The first kappa shape index (κ1) is 11.7. The van der Waals surface area contributed by atoms with Crippen molar-refractivity contribution in [3.63, 3.8) is 0 Å². The largest absolute Gasteiger partial charge is 0.325 e. The summed E-state index contributed by atoms with van der Waals surface area (Å²) in [5, 5.41) is 0. The van der Waals surface area contributed by atoms with Gasteiger partial charge in [-0.2, -0.15) is 0 Å². The summed E-state index contributed by atoms with van der Waals surface area (Å²) in [6, 6.07) is 8.47. The Balaban J connectivity index is 1.71. The predicted molar refractivity (Wildman–Crippen MR) is 71.5 cm³/mol. The van der Waals surface area contributed by atoms with Crippen molar-refractivity contribution in [1.29, 1.82) is 0 Å². The number of para-hydroxylation sites is 1. The minimum Gasteiger partial charge on any atom is -0.325 e. The molecule has 18 heavy (non-hydrogen) atoms. The molecule has 1 saturated heterocycles. The van der Waals surface area contributed by atoms with Crippen molar-refractivity contribution in [1.82, 2.24) is 4.90 Å². The van der Waals surface area contributed by atoms with E-state index in [4.69, 9.17) is 5.73 Å². The Kier molecular flexibility index (Phi) is 3.06. The maximum Gasteiger partial charge on any atom is 0.241 e. The molecule has 1 aromatic carbocycles. The topological polar surface area (TPSA) is 49.6 Å². The van der Waals surface area contributed by atoms with Gasteiger partial charge in [0.25, 0.3) is 0 Å². The van der Waals surface area contributed by atoms with Crippen LogP contribution in [0.25, 0.3) is 0 Å². The Hall–Kier alpha value is -1.39. The first-order valence-corrected chi connectivity index (χ1v) is 6.60. The number of likely N-dealkylation sites (tertiary alicyclic amines) is 1. The number of carbonyl (C=O) groups is 1. The molecule has 0 spiro atoms. The third kappa shape index (κ3) is 2.13. The molecule has 96 valence electrons. The summed E-state index contributed by atoms with van der Waals surface area (Å²) in [4.78, 5) is 16.4. The summed E-state index contributed by atoms with van der Waals surface area (Å²) in [5.41, 5.74) is 8.12. The highest BCUT2D eigenvalue weighted by Crippen LogP contribution is 2.26. The summed E-state index contributed by atoms with van der Waals surface area (Å²) >= 11 is 0. The van der Waals surface area contributed by atoms with E-state index in [1.165, 1.54) is 5.56 Å². The standard InChI is InChI=1S/C14H19N3O/c15-12-8-16(9-12)10-14(18)17-7-3-5-11-4-1-2-6-13(11)17/h1-2,4,6,12H,3,5,7-10,15H2. The fourth-order valence-electron chi connectivity index (χ4n) is 2.81. The molecule has 2 N–H and O–H groups in total. The highest BCUT2D eigenvalue weighted by Gasteiger charge is 2.28. The lowest BCUT2D eigenvalue weighted by molar-refractivity contribution is -0.120. The van der Waals surface area contributed by atoms with E-state index < -0.39 is 0 Å². The third-order valence-electron chi connectivity index (χ3n) is 3.76. The van der Waals surface area contributed by atoms with Crippen LogP contribution in [0.3, 0.4) is 0 Å². The summed E-state index contributed by atoms with van der Waals surface area (Å²) in [7, 11) is 0. The lowest BCUT2D eigenvalue weighted by Crippen LogP contribution is -2.58. The Bertz CT molecular complexity index is 454. The monoisotopic (exact) mass is 245 g/mol. The van der Waals surface area contributed by atoms with Gasteiger partial charge in [-0.3, -0.25) is 9.69 Å². The molecule has 2 heterocycles. The Labute approximate surface area is 107 Å². The summed E-state index contributed by atoms with van der Waals surface area (Å²) in [6.45, 7) is 3.04. The van der Waals surface area contributed by atoms with E-state index in [2.05, 4.69) is 11.0 Å². The van der Waals surface area contributed by atoms with Crippen LogP contribution >= 0.6 is 0 Å². The van der Waals surface area contributed by atoms with Crippen LogP contribution in [-0.2, 0) is 11.2 Å². The molecule has 0 aromatic heterocycles. The zero-order valence-corrected chi connectivity index (χ0v) is 10.5. The maximum atomic E-state index is 12.3. The van der Waals surface area contributed by atoms with Gasteiger partial charge >= 0.3 is 0 Å². The van der Waals surface area contributed by atoms with Gasteiger partial charge in [-0.15, -0.1) is 0 Å². The second-order valence-corrected chi connectivity index (χ2v) is 5.23. The predicted octanol–water partition coefficient (Wildman–Crippen LogP) is 0.609. The van der Waals surface area contributed by atoms with E-state index in [1.54, 1.807) is 0 Å². The lowest BCUT2D eigenvalue weighted by atomic mass is 10.0. The number of amides is 1. The van der Waals surface area contributed by atoms with Gasteiger partial charge in [0.2, 0.25) is 5.91 Å². The van der Waals surface area contributed by atoms with Crippen molar-refractivity contribution in [2.75, 3.05) is 31.1 Å². The van der Waals surface area contributed by atoms with E-state index in [0.717, 1.165) is 38.2 Å². The number of carbonyl (C=O) groups excluding carboxylic acids is 1. The van der Waals surface area contributed by atoms with Gasteiger partial charge < -0.3 is 10.6 Å². The minimum absolute atomic E-state index is 0.203. The third-order valence-corrected chi connectivity index (χ3v) is 3.76.